The number of carbonyl (C=O) groups excluding carboxylic acids is 1. The summed E-state index contributed by atoms with van der Waals surface area (Å²) in [5.74, 6) is -0.158. The van der Waals surface area contributed by atoms with E-state index in [2.05, 4.69) is 10.1 Å². The highest BCUT2D eigenvalue weighted by atomic mass is 32.2. The van der Waals surface area contributed by atoms with E-state index in [4.69, 9.17) is 0 Å². The summed E-state index contributed by atoms with van der Waals surface area (Å²) in [6.45, 7) is 0.894. The Morgan fingerprint density at radius 3 is 2.33 bits per heavy atom. The van der Waals surface area contributed by atoms with Gasteiger partial charge < -0.3 is 4.90 Å². The molecule has 4 rings (SSSR count). The standard InChI is InChI=1S/C20H18N6O3S/c21-13-17-3-1-2-4-19(17)30(28,29)25-11-9-24(10-12-25)20(27)16-5-7-18(8-6-16)26-15-22-14-23-26/h1-8,14-15H,9-12H2. The molecule has 1 aliphatic heterocycles. The fourth-order valence-corrected chi connectivity index (χ4v) is 4.90. The Kier molecular flexibility index (Phi) is 5.31. The Hall–Kier alpha value is -3.55. The molecule has 1 saturated heterocycles. The van der Waals surface area contributed by atoms with E-state index in [1.807, 2.05) is 6.07 Å². The van der Waals surface area contributed by atoms with E-state index in [0.717, 1.165) is 5.69 Å². The molecule has 1 amide bonds. The summed E-state index contributed by atoms with van der Waals surface area (Å²) in [6, 6.07) is 15.0. The zero-order chi connectivity index (χ0) is 21.1. The van der Waals surface area contributed by atoms with Crippen LogP contribution in [0.2, 0.25) is 0 Å². The van der Waals surface area contributed by atoms with Crippen molar-refractivity contribution in [3.63, 3.8) is 0 Å². The molecule has 0 aliphatic carbocycles. The van der Waals surface area contributed by atoms with Crippen LogP contribution in [0.1, 0.15) is 15.9 Å². The van der Waals surface area contributed by atoms with Gasteiger partial charge in [0.1, 0.15) is 18.7 Å². The number of piperazine rings is 1. The first-order valence-corrected chi connectivity index (χ1v) is 10.7. The predicted molar refractivity (Wildman–Crippen MR) is 107 cm³/mol. The molecule has 30 heavy (non-hydrogen) atoms. The minimum Gasteiger partial charge on any atom is -0.336 e. The van der Waals surface area contributed by atoms with Crippen molar-refractivity contribution in [3.8, 4) is 11.8 Å². The van der Waals surface area contributed by atoms with Crippen molar-refractivity contribution in [3.05, 3.63) is 72.3 Å². The maximum Gasteiger partial charge on any atom is 0.253 e. The van der Waals surface area contributed by atoms with Crippen LogP contribution in [0, 0.1) is 11.3 Å². The smallest absolute Gasteiger partial charge is 0.253 e. The second-order valence-electron chi connectivity index (χ2n) is 6.69. The van der Waals surface area contributed by atoms with Crippen LogP contribution >= 0.6 is 0 Å². The van der Waals surface area contributed by atoms with Crippen LogP contribution in [0.25, 0.3) is 5.69 Å². The summed E-state index contributed by atoms with van der Waals surface area (Å²) in [6.07, 6.45) is 3.00. The number of nitrogens with zero attached hydrogens (tertiary/aromatic N) is 6. The molecule has 0 N–H and O–H groups in total. The van der Waals surface area contributed by atoms with E-state index in [1.54, 1.807) is 52.3 Å². The number of sulfonamides is 1. The van der Waals surface area contributed by atoms with Crippen LogP contribution in [0.5, 0.6) is 0 Å². The Morgan fingerprint density at radius 2 is 1.70 bits per heavy atom. The number of aromatic nitrogens is 3. The van der Waals surface area contributed by atoms with Gasteiger partial charge in [0.15, 0.2) is 0 Å². The zero-order valence-electron chi connectivity index (χ0n) is 15.9. The first kappa shape index (κ1) is 19.8. The molecule has 0 spiro atoms. The summed E-state index contributed by atoms with van der Waals surface area (Å²) < 4.78 is 28.8. The van der Waals surface area contributed by atoms with Crippen molar-refractivity contribution in [2.45, 2.75) is 4.90 Å². The highest BCUT2D eigenvalue weighted by molar-refractivity contribution is 7.89. The average molecular weight is 422 g/mol. The number of rotatable bonds is 4. The molecular weight excluding hydrogens is 404 g/mol. The van der Waals surface area contributed by atoms with Crippen LogP contribution in [0.4, 0.5) is 0 Å². The molecule has 0 bridgehead atoms. The topological polar surface area (TPSA) is 112 Å². The van der Waals surface area contributed by atoms with Crippen molar-refractivity contribution < 1.29 is 13.2 Å². The summed E-state index contributed by atoms with van der Waals surface area (Å²) in [7, 11) is -3.79. The van der Waals surface area contributed by atoms with Gasteiger partial charge >= 0.3 is 0 Å². The van der Waals surface area contributed by atoms with Gasteiger partial charge in [0, 0.05) is 31.7 Å². The fourth-order valence-electron chi connectivity index (χ4n) is 3.34. The third-order valence-electron chi connectivity index (χ3n) is 4.95. The molecular formula is C20H18N6O3S. The number of hydrogen-bond donors (Lipinski definition) is 0. The van der Waals surface area contributed by atoms with Crippen LogP contribution < -0.4 is 0 Å². The summed E-state index contributed by atoms with van der Waals surface area (Å²) in [4.78, 5) is 18.3. The van der Waals surface area contributed by atoms with Crippen LogP contribution in [0.15, 0.2) is 66.1 Å². The van der Waals surface area contributed by atoms with Crippen LogP contribution in [-0.4, -0.2) is 64.5 Å². The highest BCUT2D eigenvalue weighted by Crippen LogP contribution is 2.21. The average Bonchev–Trinajstić information content (AvgIpc) is 3.34. The minimum absolute atomic E-state index is 0.00373. The van der Waals surface area contributed by atoms with Crippen molar-refractivity contribution >= 4 is 15.9 Å². The molecule has 0 radical (unpaired) electrons. The molecule has 3 aromatic rings. The number of hydrogen-bond acceptors (Lipinski definition) is 6. The molecule has 0 atom stereocenters. The molecule has 2 aromatic carbocycles. The van der Waals surface area contributed by atoms with E-state index < -0.39 is 10.0 Å². The van der Waals surface area contributed by atoms with E-state index in [1.165, 1.54) is 22.8 Å². The molecule has 1 aliphatic rings. The Morgan fingerprint density at radius 1 is 1.00 bits per heavy atom. The van der Waals surface area contributed by atoms with E-state index in [-0.39, 0.29) is 42.5 Å². The Balaban J connectivity index is 1.44. The second-order valence-corrected chi connectivity index (χ2v) is 8.60. The van der Waals surface area contributed by atoms with Crippen molar-refractivity contribution in [2.24, 2.45) is 0 Å². The van der Waals surface area contributed by atoms with Gasteiger partial charge in [-0.05, 0) is 36.4 Å². The van der Waals surface area contributed by atoms with Gasteiger partial charge in [-0.15, -0.1) is 0 Å². The minimum atomic E-state index is -3.79. The third-order valence-corrected chi connectivity index (χ3v) is 6.91. The van der Waals surface area contributed by atoms with Gasteiger partial charge in [0.2, 0.25) is 10.0 Å². The van der Waals surface area contributed by atoms with Gasteiger partial charge in [-0.3, -0.25) is 4.79 Å². The van der Waals surface area contributed by atoms with Gasteiger partial charge in [-0.1, -0.05) is 12.1 Å². The second kappa shape index (κ2) is 8.06. The monoisotopic (exact) mass is 422 g/mol. The third kappa shape index (κ3) is 3.68. The first-order chi connectivity index (χ1) is 14.5. The molecule has 1 fully saturated rings. The van der Waals surface area contributed by atoms with E-state index >= 15 is 0 Å². The summed E-state index contributed by atoms with van der Waals surface area (Å²) >= 11 is 0. The van der Waals surface area contributed by atoms with E-state index in [9.17, 15) is 18.5 Å². The highest BCUT2D eigenvalue weighted by Gasteiger charge is 2.31. The fraction of sp³-hybridized carbons (Fsp3) is 0.200. The lowest BCUT2D eigenvalue weighted by Gasteiger charge is -2.34. The van der Waals surface area contributed by atoms with Crippen LogP contribution in [0.3, 0.4) is 0 Å². The van der Waals surface area contributed by atoms with Crippen molar-refractivity contribution in [1.82, 2.24) is 24.0 Å². The van der Waals surface area contributed by atoms with Gasteiger partial charge in [0.05, 0.1) is 16.1 Å². The number of amides is 1. The summed E-state index contributed by atoms with van der Waals surface area (Å²) in [5, 5.41) is 13.3. The SMILES string of the molecule is N#Cc1ccccc1S(=O)(=O)N1CCN(C(=O)c2ccc(-n3cncn3)cc2)CC1. The number of benzene rings is 2. The molecule has 0 saturated carbocycles. The van der Waals surface area contributed by atoms with Crippen molar-refractivity contribution in [2.75, 3.05) is 26.2 Å². The predicted octanol–water partition coefficient (Wildman–Crippen LogP) is 1.29. The van der Waals surface area contributed by atoms with Crippen LogP contribution in [-0.2, 0) is 10.0 Å². The summed E-state index contributed by atoms with van der Waals surface area (Å²) in [5.41, 5.74) is 1.42. The molecule has 10 heteroatoms. The lowest BCUT2D eigenvalue weighted by molar-refractivity contribution is 0.0698. The van der Waals surface area contributed by atoms with Gasteiger partial charge in [-0.2, -0.15) is 14.7 Å². The van der Waals surface area contributed by atoms with Crippen molar-refractivity contribution in [1.29, 1.82) is 5.26 Å². The maximum atomic E-state index is 12.9. The largest absolute Gasteiger partial charge is 0.336 e. The first-order valence-electron chi connectivity index (χ1n) is 9.24. The Bertz CT molecular complexity index is 1190. The molecule has 2 heterocycles. The quantitative estimate of drug-likeness (QED) is 0.626. The lowest BCUT2D eigenvalue weighted by atomic mass is 10.1. The number of carbonyl (C=O) groups is 1. The normalized spacial score (nSPS) is 15.0. The van der Waals surface area contributed by atoms with Gasteiger partial charge in [0.25, 0.3) is 5.91 Å². The molecule has 0 unspecified atom stereocenters. The molecule has 9 nitrogen and oxygen atoms in total. The molecule has 1 aromatic heterocycles. The Labute approximate surface area is 173 Å². The number of nitriles is 1. The molecule has 152 valence electrons. The lowest BCUT2D eigenvalue weighted by Crippen LogP contribution is -2.50. The van der Waals surface area contributed by atoms with E-state index in [0.29, 0.717) is 5.56 Å². The maximum absolute atomic E-state index is 12.9. The van der Waals surface area contributed by atoms with Gasteiger partial charge in [-0.25, -0.2) is 18.1 Å². The zero-order valence-corrected chi connectivity index (χ0v) is 16.7.